The molecule has 6 rings (SSSR count). The quantitative estimate of drug-likeness (QED) is 0.105. The van der Waals surface area contributed by atoms with Crippen LogP contribution in [0.1, 0.15) is 46.6 Å². The number of carbonyl (C=O) groups is 3. The van der Waals surface area contributed by atoms with E-state index < -0.39 is 28.8 Å². The summed E-state index contributed by atoms with van der Waals surface area (Å²) in [6.45, 7) is 0.184. The van der Waals surface area contributed by atoms with Gasteiger partial charge in [-0.05, 0) is 51.1 Å². The summed E-state index contributed by atoms with van der Waals surface area (Å²) in [6.07, 6.45) is -0.497. The van der Waals surface area contributed by atoms with E-state index in [1.165, 1.54) is 0 Å². The van der Waals surface area contributed by atoms with E-state index in [1.54, 1.807) is 11.8 Å². The molecule has 1 aliphatic carbocycles. The Bertz CT molecular complexity index is 1740. The Kier molecular flexibility index (Phi) is 10.8. The maximum atomic E-state index is 12.8. The zero-order chi connectivity index (χ0) is 34.1. The molecule has 248 valence electrons. The van der Waals surface area contributed by atoms with Crippen molar-refractivity contribution in [2.75, 3.05) is 18.9 Å². The molecule has 3 N–H and O–H groups in total. The molecule has 0 heterocycles. The van der Waals surface area contributed by atoms with Gasteiger partial charge in [-0.2, -0.15) is 0 Å². The highest BCUT2D eigenvalue weighted by atomic mass is 32.2. The summed E-state index contributed by atoms with van der Waals surface area (Å²) < 4.78 is 4.96. The molecule has 5 aromatic carbocycles. The molecule has 1 aliphatic rings. The van der Waals surface area contributed by atoms with E-state index in [-0.39, 0.29) is 31.9 Å². The van der Waals surface area contributed by atoms with Crippen molar-refractivity contribution in [2.45, 2.75) is 29.5 Å². The smallest absolute Gasteiger partial charge is 0.407 e. The SMILES string of the molecule is O=C(CCNC(=O)OCC1c2ccccc2-c2ccccc21)N[C@@H](CCSC(c1ccccc1)(c1ccccc1)c1ccccc1)C(=O)O. The zero-order valence-corrected chi connectivity index (χ0v) is 27.8. The van der Waals surface area contributed by atoms with E-state index in [2.05, 4.69) is 59.2 Å². The van der Waals surface area contributed by atoms with Crippen LogP contribution < -0.4 is 10.6 Å². The van der Waals surface area contributed by atoms with Crippen molar-refractivity contribution in [1.29, 1.82) is 0 Å². The first-order valence-corrected chi connectivity index (χ1v) is 17.4. The fourth-order valence-corrected chi connectivity index (χ4v) is 8.12. The average molecular weight is 671 g/mol. The number of carboxylic acid groups (broad SMARTS) is 1. The molecule has 0 spiro atoms. The van der Waals surface area contributed by atoms with Crippen molar-refractivity contribution < 1.29 is 24.2 Å². The van der Waals surface area contributed by atoms with Crippen LogP contribution in [-0.2, 0) is 19.1 Å². The maximum absolute atomic E-state index is 12.8. The molecule has 49 heavy (non-hydrogen) atoms. The molecule has 0 fully saturated rings. The zero-order valence-electron chi connectivity index (χ0n) is 27.0. The summed E-state index contributed by atoms with van der Waals surface area (Å²) in [5, 5.41) is 15.3. The highest BCUT2D eigenvalue weighted by Gasteiger charge is 2.37. The fourth-order valence-electron chi connectivity index (χ4n) is 6.55. The fraction of sp³-hybridized carbons (Fsp3) is 0.195. The number of rotatable bonds is 14. The number of thioether (sulfide) groups is 1. The van der Waals surface area contributed by atoms with Crippen molar-refractivity contribution in [3.05, 3.63) is 167 Å². The van der Waals surface area contributed by atoms with Crippen molar-refractivity contribution in [3.63, 3.8) is 0 Å². The minimum atomic E-state index is -1.11. The number of benzene rings is 5. The molecule has 0 radical (unpaired) electrons. The number of carbonyl (C=O) groups excluding carboxylic acids is 2. The maximum Gasteiger partial charge on any atom is 0.407 e. The normalized spacial score (nSPS) is 12.7. The van der Waals surface area contributed by atoms with E-state index in [4.69, 9.17) is 4.74 Å². The van der Waals surface area contributed by atoms with Gasteiger partial charge in [0.05, 0.1) is 4.75 Å². The van der Waals surface area contributed by atoms with Crippen LogP contribution in [0.25, 0.3) is 11.1 Å². The monoisotopic (exact) mass is 670 g/mol. The third kappa shape index (κ3) is 7.55. The van der Waals surface area contributed by atoms with Crippen LogP contribution in [0.4, 0.5) is 4.79 Å². The van der Waals surface area contributed by atoms with Crippen LogP contribution in [0.5, 0.6) is 0 Å². The minimum absolute atomic E-state index is 0.0166. The van der Waals surface area contributed by atoms with Gasteiger partial charge in [0.15, 0.2) is 0 Å². The molecule has 0 unspecified atom stereocenters. The summed E-state index contributed by atoms with van der Waals surface area (Å²) in [7, 11) is 0. The molecule has 2 amide bonds. The second-order valence-electron chi connectivity index (χ2n) is 11.9. The Morgan fingerprint density at radius 3 is 1.65 bits per heavy atom. The molecule has 0 bridgehead atoms. The van der Waals surface area contributed by atoms with Crippen LogP contribution in [0, 0.1) is 0 Å². The Morgan fingerprint density at radius 1 is 0.694 bits per heavy atom. The summed E-state index contributed by atoms with van der Waals surface area (Å²) in [5.74, 6) is -1.19. The highest BCUT2D eigenvalue weighted by Crippen LogP contribution is 2.49. The number of hydrogen-bond acceptors (Lipinski definition) is 5. The lowest BCUT2D eigenvalue weighted by molar-refractivity contribution is -0.141. The lowest BCUT2D eigenvalue weighted by Gasteiger charge is -2.35. The third-order valence-electron chi connectivity index (χ3n) is 8.86. The second kappa shape index (κ2) is 15.7. The number of hydrogen-bond donors (Lipinski definition) is 3. The van der Waals surface area contributed by atoms with Crippen LogP contribution in [0.15, 0.2) is 140 Å². The van der Waals surface area contributed by atoms with Gasteiger partial charge in [0.25, 0.3) is 0 Å². The number of amides is 2. The summed E-state index contributed by atoms with van der Waals surface area (Å²) in [6, 6.07) is 45.6. The standard InChI is InChI=1S/C41H38N2O5S/c44-38(24-26-42-40(47)48-28-36-34-22-12-10-20-32(34)33-21-11-13-23-35(33)36)43-37(39(45)46)25-27-49-41(29-14-4-1-5-15-29,30-16-6-2-7-17-30)31-18-8-3-9-19-31/h1-23,36-37H,24-28H2,(H,42,47)(H,43,44)(H,45,46)/t37-/m0/s1. The number of ether oxygens (including phenoxy) is 1. The first-order valence-electron chi connectivity index (χ1n) is 16.4. The van der Waals surface area contributed by atoms with Gasteiger partial charge in [-0.25, -0.2) is 9.59 Å². The van der Waals surface area contributed by atoms with Gasteiger partial charge in [-0.15, -0.1) is 11.8 Å². The number of fused-ring (bicyclic) bond motifs is 3. The van der Waals surface area contributed by atoms with Gasteiger partial charge in [-0.3, -0.25) is 4.79 Å². The van der Waals surface area contributed by atoms with E-state index in [0.29, 0.717) is 5.75 Å². The Hall–Kier alpha value is -5.34. The number of carboxylic acids is 1. The molecule has 0 aromatic heterocycles. The molecule has 5 aromatic rings. The van der Waals surface area contributed by atoms with E-state index in [0.717, 1.165) is 38.9 Å². The van der Waals surface area contributed by atoms with Crippen LogP contribution in [0.3, 0.4) is 0 Å². The molecule has 7 nitrogen and oxygen atoms in total. The van der Waals surface area contributed by atoms with Crippen LogP contribution in [-0.4, -0.2) is 48.0 Å². The molecular formula is C41H38N2O5S. The van der Waals surface area contributed by atoms with Crippen molar-refractivity contribution in [3.8, 4) is 11.1 Å². The molecule has 0 saturated carbocycles. The lowest BCUT2D eigenvalue weighted by Crippen LogP contribution is -2.42. The number of nitrogens with one attached hydrogen (secondary N) is 2. The predicted octanol–water partition coefficient (Wildman–Crippen LogP) is 7.60. The van der Waals surface area contributed by atoms with Gasteiger partial charge >= 0.3 is 12.1 Å². The van der Waals surface area contributed by atoms with Gasteiger partial charge in [0.1, 0.15) is 12.6 Å². The number of aliphatic carboxylic acids is 1. The second-order valence-corrected chi connectivity index (χ2v) is 13.2. The van der Waals surface area contributed by atoms with Gasteiger partial charge in [0.2, 0.25) is 5.91 Å². The molecular weight excluding hydrogens is 633 g/mol. The van der Waals surface area contributed by atoms with Gasteiger partial charge in [-0.1, -0.05) is 140 Å². The molecule has 8 heteroatoms. The predicted molar refractivity (Wildman–Crippen MR) is 194 cm³/mol. The van der Waals surface area contributed by atoms with Crippen molar-refractivity contribution in [1.82, 2.24) is 10.6 Å². The van der Waals surface area contributed by atoms with Crippen molar-refractivity contribution >= 4 is 29.7 Å². The Morgan fingerprint density at radius 2 is 1.16 bits per heavy atom. The lowest BCUT2D eigenvalue weighted by atomic mass is 9.84. The molecule has 0 aliphatic heterocycles. The molecule has 1 atom stereocenters. The Labute approximate surface area is 290 Å². The van der Waals surface area contributed by atoms with Gasteiger partial charge in [0, 0.05) is 18.9 Å². The van der Waals surface area contributed by atoms with Crippen LogP contribution >= 0.6 is 11.8 Å². The first-order chi connectivity index (χ1) is 24.0. The minimum Gasteiger partial charge on any atom is -0.480 e. The van der Waals surface area contributed by atoms with Crippen LogP contribution in [0.2, 0.25) is 0 Å². The van der Waals surface area contributed by atoms with E-state index in [1.807, 2.05) is 91.0 Å². The summed E-state index contributed by atoms with van der Waals surface area (Å²) >= 11 is 1.64. The topological polar surface area (TPSA) is 105 Å². The average Bonchev–Trinajstić information content (AvgIpc) is 3.46. The largest absolute Gasteiger partial charge is 0.480 e. The van der Waals surface area contributed by atoms with Gasteiger partial charge < -0.3 is 20.5 Å². The summed E-state index contributed by atoms with van der Waals surface area (Å²) in [5.41, 5.74) is 7.74. The number of alkyl carbamates (subject to hydrolysis) is 1. The van der Waals surface area contributed by atoms with Crippen molar-refractivity contribution in [2.24, 2.45) is 0 Å². The third-order valence-corrected chi connectivity index (χ3v) is 10.4. The van der Waals surface area contributed by atoms with E-state index >= 15 is 0 Å². The molecule has 0 saturated heterocycles. The first kappa shape index (κ1) is 33.6. The van der Waals surface area contributed by atoms with E-state index in [9.17, 15) is 19.5 Å². The Balaban J connectivity index is 1.04. The highest BCUT2D eigenvalue weighted by molar-refractivity contribution is 8.00. The summed E-state index contributed by atoms with van der Waals surface area (Å²) in [4.78, 5) is 37.6.